The third-order valence-electron chi connectivity index (χ3n) is 4.28. The molecule has 0 saturated carbocycles. The first kappa shape index (κ1) is 25.7. The number of rotatable bonds is 12. The van der Waals surface area contributed by atoms with Crippen molar-refractivity contribution in [2.24, 2.45) is 22.4 Å². The molecule has 6 N–H and O–H groups in total. The van der Waals surface area contributed by atoms with Crippen LogP contribution >= 0.6 is 0 Å². The number of esters is 1. The molecule has 172 valence electrons. The van der Waals surface area contributed by atoms with Crippen LogP contribution in [-0.4, -0.2) is 49.7 Å². The van der Waals surface area contributed by atoms with Crippen LogP contribution in [0.2, 0.25) is 0 Å². The van der Waals surface area contributed by atoms with Crippen LogP contribution in [-0.2, 0) is 25.7 Å². The molecule has 0 bridgehead atoms. The summed E-state index contributed by atoms with van der Waals surface area (Å²) in [5, 5.41) is 5.21. The summed E-state index contributed by atoms with van der Waals surface area (Å²) in [4.78, 5) is 41.0. The van der Waals surface area contributed by atoms with Crippen LogP contribution in [0.3, 0.4) is 0 Å². The van der Waals surface area contributed by atoms with Gasteiger partial charge in [0, 0.05) is 6.54 Å². The van der Waals surface area contributed by atoms with E-state index in [1.807, 2.05) is 44.2 Å². The van der Waals surface area contributed by atoms with E-state index in [0.29, 0.717) is 19.4 Å². The maximum absolute atomic E-state index is 12.8. The van der Waals surface area contributed by atoms with Crippen molar-refractivity contribution in [1.29, 1.82) is 0 Å². The number of methoxy groups -OCH3 is 1. The molecule has 0 aromatic heterocycles. The summed E-state index contributed by atoms with van der Waals surface area (Å²) in [6.07, 6.45) is 0.336. The van der Waals surface area contributed by atoms with Gasteiger partial charge in [0.25, 0.3) is 0 Å². The van der Waals surface area contributed by atoms with Crippen LogP contribution in [0.5, 0.6) is 0 Å². The van der Waals surface area contributed by atoms with Gasteiger partial charge in [0.1, 0.15) is 18.7 Å². The van der Waals surface area contributed by atoms with E-state index in [1.165, 1.54) is 7.11 Å². The summed E-state index contributed by atoms with van der Waals surface area (Å²) < 4.78 is 9.98. The normalized spacial score (nSPS) is 12.4. The van der Waals surface area contributed by atoms with Crippen molar-refractivity contribution in [1.82, 2.24) is 10.6 Å². The van der Waals surface area contributed by atoms with Crippen molar-refractivity contribution < 1.29 is 23.9 Å². The van der Waals surface area contributed by atoms with Crippen LogP contribution in [0.15, 0.2) is 35.3 Å². The van der Waals surface area contributed by atoms with Gasteiger partial charge < -0.3 is 31.6 Å². The van der Waals surface area contributed by atoms with Crippen molar-refractivity contribution in [2.45, 2.75) is 51.8 Å². The Morgan fingerprint density at radius 1 is 1.06 bits per heavy atom. The molecule has 0 saturated heterocycles. The molecule has 0 aliphatic carbocycles. The van der Waals surface area contributed by atoms with Gasteiger partial charge in [0.05, 0.1) is 7.11 Å². The number of nitrogens with zero attached hydrogens (tertiary/aromatic N) is 1. The van der Waals surface area contributed by atoms with Crippen molar-refractivity contribution >= 4 is 23.9 Å². The predicted octanol–water partition coefficient (Wildman–Crippen LogP) is 1.04. The molecule has 2 amide bonds. The minimum atomic E-state index is -0.934. The Labute approximate surface area is 182 Å². The molecule has 0 aliphatic heterocycles. The fourth-order valence-corrected chi connectivity index (χ4v) is 2.78. The highest BCUT2D eigenvalue weighted by Crippen LogP contribution is 2.08. The molecule has 10 nitrogen and oxygen atoms in total. The first-order valence-electron chi connectivity index (χ1n) is 10.1. The monoisotopic (exact) mass is 435 g/mol. The van der Waals surface area contributed by atoms with Gasteiger partial charge >= 0.3 is 12.1 Å². The van der Waals surface area contributed by atoms with Gasteiger partial charge in [0.2, 0.25) is 5.91 Å². The number of nitrogens with two attached hydrogens (primary N) is 2. The first-order valence-corrected chi connectivity index (χ1v) is 10.1. The zero-order valence-corrected chi connectivity index (χ0v) is 18.3. The Hall–Kier alpha value is -3.30. The van der Waals surface area contributed by atoms with Crippen LogP contribution < -0.4 is 22.1 Å². The summed E-state index contributed by atoms with van der Waals surface area (Å²) >= 11 is 0. The standard InChI is InChI=1S/C21H33N5O5/c1-14(2)12-17(19(28)30-3)25-18(27)16(10-7-11-24-20(22)23)26-21(29)31-13-15-8-5-4-6-9-15/h4-6,8-9,14,16-17H,7,10-13H2,1-3H3,(H,25,27)(H,26,29)(H4,22,23,24). The van der Waals surface area contributed by atoms with Crippen molar-refractivity contribution in [3.63, 3.8) is 0 Å². The second-order valence-corrected chi connectivity index (χ2v) is 7.42. The zero-order valence-electron chi connectivity index (χ0n) is 18.3. The first-order chi connectivity index (χ1) is 14.7. The molecule has 0 fully saturated rings. The number of hydrogen-bond acceptors (Lipinski definition) is 6. The molecule has 0 aliphatic rings. The number of ether oxygens (including phenoxy) is 2. The summed E-state index contributed by atoms with van der Waals surface area (Å²) in [7, 11) is 1.26. The lowest BCUT2D eigenvalue weighted by atomic mass is 10.0. The molecule has 0 spiro atoms. The highest BCUT2D eigenvalue weighted by atomic mass is 16.5. The molecule has 31 heavy (non-hydrogen) atoms. The molecule has 0 radical (unpaired) electrons. The van der Waals surface area contributed by atoms with Crippen LogP contribution in [0.25, 0.3) is 0 Å². The number of guanidine groups is 1. The van der Waals surface area contributed by atoms with Gasteiger partial charge in [0.15, 0.2) is 5.96 Å². The van der Waals surface area contributed by atoms with Gasteiger partial charge in [-0.3, -0.25) is 9.79 Å². The number of alkyl carbamates (subject to hydrolysis) is 1. The third-order valence-corrected chi connectivity index (χ3v) is 4.28. The Morgan fingerprint density at radius 2 is 1.74 bits per heavy atom. The predicted molar refractivity (Wildman–Crippen MR) is 117 cm³/mol. The highest BCUT2D eigenvalue weighted by molar-refractivity contribution is 5.89. The van der Waals surface area contributed by atoms with E-state index >= 15 is 0 Å². The molecule has 1 aromatic rings. The molecule has 2 atom stereocenters. The quantitative estimate of drug-likeness (QED) is 0.165. The number of amides is 2. The van der Waals surface area contributed by atoms with E-state index in [4.69, 9.17) is 20.9 Å². The Morgan fingerprint density at radius 3 is 2.32 bits per heavy atom. The smallest absolute Gasteiger partial charge is 0.408 e. The topological polar surface area (TPSA) is 158 Å². The number of benzene rings is 1. The summed E-state index contributed by atoms with van der Waals surface area (Å²) in [5.41, 5.74) is 11.4. The number of carbonyl (C=O) groups is 3. The van der Waals surface area contributed by atoms with Crippen molar-refractivity contribution in [3.8, 4) is 0 Å². The van der Waals surface area contributed by atoms with E-state index in [1.54, 1.807) is 0 Å². The second-order valence-electron chi connectivity index (χ2n) is 7.42. The molecule has 0 heterocycles. The van der Waals surface area contributed by atoms with Crippen LogP contribution in [0.1, 0.15) is 38.7 Å². The van der Waals surface area contributed by atoms with Gasteiger partial charge in [-0.1, -0.05) is 44.2 Å². The van der Waals surface area contributed by atoms with E-state index in [9.17, 15) is 14.4 Å². The lowest BCUT2D eigenvalue weighted by Crippen LogP contribution is -2.52. The average molecular weight is 436 g/mol. The van der Waals surface area contributed by atoms with Crippen LogP contribution in [0, 0.1) is 5.92 Å². The Balaban J connectivity index is 2.77. The zero-order chi connectivity index (χ0) is 23.2. The number of aliphatic imine (C=N–C) groups is 1. The second kappa shape index (κ2) is 13.8. The largest absolute Gasteiger partial charge is 0.467 e. The van der Waals surface area contributed by atoms with Gasteiger partial charge in [-0.05, 0) is 30.7 Å². The van der Waals surface area contributed by atoms with E-state index in [0.717, 1.165) is 5.56 Å². The molecule has 1 rings (SSSR count). The van der Waals surface area contributed by atoms with Crippen molar-refractivity contribution in [3.05, 3.63) is 35.9 Å². The maximum atomic E-state index is 12.8. The SMILES string of the molecule is COC(=O)C(CC(C)C)NC(=O)C(CCCN=C(N)N)NC(=O)OCc1ccccc1. The molecular weight excluding hydrogens is 402 g/mol. The maximum Gasteiger partial charge on any atom is 0.408 e. The van der Waals surface area contributed by atoms with Crippen LogP contribution in [0.4, 0.5) is 4.79 Å². The summed E-state index contributed by atoms with van der Waals surface area (Å²) in [5.74, 6) is -0.974. The third kappa shape index (κ3) is 10.9. The van der Waals surface area contributed by atoms with Crippen molar-refractivity contribution in [2.75, 3.05) is 13.7 Å². The lowest BCUT2D eigenvalue weighted by molar-refractivity contribution is -0.145. The van der Waals surface area contributed by atoms with Gasteiger partial charge in [-0.2, -0.15) is 0 Å². The highest BCUT2D eigenvalue weighted by Gasteiger charge is 2.28. The summed E-state index contributed by atoms with van der Waals surface area (Å²) in [6, 6.07) is 7.40. The minimum absolute atomic E-state index is 0.0566. The number of carbonyl (C=O) groups excluding carboxylic acids is 3. The van der Waals surface area contributed by atoms with Gasteiger partial charge in [-0.25, -0.2) is 9.59 Å². The fourth-order valence-electron chi connectivity index (χ4n) is 2.78. The number of nitrogens with one attached hydrogen (secondary N) is 2. The van der Waals surface area contributed by atoms with Gasteiger partial charge in [-0.15, -0.1) is 0 Å². The number of hydrogen-bond donors (Lipinski definition) is 4. The molecule has 10 heteroatoms. The molecule has 1 aromatic carbocycles. The Bertz CT molecular complexity index is 735. The molecular formula is C21H33N5O5. The minimum Gasteiger partial charge on any atom is -0.467 e. The van der Waals surface area contributed by atoms with E-state index in [-0.39, 0.29) is 24.9 Å². The average Bonchev–Trinajstić information content (AvgIpc) is 2.73. The Kier molecular flexibility index (Phi) is 11.5. The van der Waals surface area contributed by atoms with E-state index < -0.39 is 30.1 Å². The summed E-state index contributed by atoms with van der Waals surface area (Å²) in [6.45, 7) is 4.20. The molecule has 2 unspecified atom stereocenters. The fraction of sp³-hybridized carbons (Fsp3) is 0.524. The van der Waals surface area contributed by atoms with E-state index in [2.05, 4.69) is 15.6 Å². The lowest BCUT2D eigenvalue weighted by Gasteiger charge is -2.23.